The zero-order chi connectivity index (χ0) is 32.8. The maximum Gasteiger partial charge on any atom is 0.299 e. The summed E-state index contributed by atoms with van der Waals surface area (Å²) in [6, 6.07) is 10.6. The Kier molecular flexibility index (Phi) is 8.42. The fourth-order valence-electron chi connectivity index (χ4n) is 6.65. The molecule has 242 valence electrons. The van der Waals surface area contributed by atoms with E-state index in [4.69, 9.17) is 21.6 Å². The Labute approximate surface area is 269 Å². The zero-order valence-corrected chi connectivity index (χ0v) is 26.1. The summed E-state index contributed by atoms with van der Waals surface area (Å²) in [6.07, 6.45) is 1.80. The number of likely N-dealkylation sites (tertiary alicyclic amines) is 1. The molecule has 2 heterocycles. The summed E-state index contributed by atoms with van der Waals surface area (Å²) in [5.41, 5.74) is 11.9. The van der Waals surface area contributed by atoms with E-state index in [2.05, 4.69) is 10.6 Å². The standard InChI is InChI=1S/C33H36F2N6O4S/c1-18(26-12-20(16-46-26)29(37)38)40-31(44)25-13-32(17-45-10-4-9-36)14-27(32)41(25)28(42)15-39-30(43)19-7-8-24-22(11-19)21-5-2-3-6-23(21)33(24,34)35/h2-3,5-8,11-12,16,18,25,27H,4,9-10,13-15,17,36H2,1H3,(H3,37,38)(H,39,43)(H,40,44)/t18?,25-,27-,32+/m0/s1. The molecule has 2 aromatic carbocycles. The van der Waals surface area contributed by atoms with Crippen LogP contribution in [0.25, 0.3) is 11.1 Å². The Morgan fingerprint density at radius 3 is 2.61 bits per heavy atom. The largest absolute Gasteiger partial charge is 0.384 e. The van der Waals surface area contributed by atoms with E-state index in [1.54, 1.807) is 34.5 Å². The Bertz CT molecular complexity index is 1710. The highest BCUT2D eigenvalue weighted by Crippen LogP contribution is 2.59. The number of fused-ring (bicyclic) bond motifs is 4. The number of piperidine rings is 1. The van der Waals surface area contributed by atoms with Gasteiger partial charge >= 0.3 is 0 Å². The smallest absolute Gasteiger partial charge is 0.299 e. The molecule has 0 spiro atoms. The maximum atomic E-state index is 15.0. The van der Waals surface area contributed by atoms with Gasteiger partial charge in [0.25, 0.3) is 11.8 Å². The Morgan fingerprint density at radius 1 is 1.11 bits per heavy atom. The van der Waals surface area contributed by atoms with Gasteiger partial charge in [-0.15, -0.1) is 11.3 Å². The summed E-state index contributed by atoms with van der Waals surface area (Å²) in [7, 11) is 0. The number of carbonyl (C=O) groups is 3. The van der Waals surface area contributed by atoms with Crippen molar-refractivity contribution in [2.24, 2.45) is 16.9 Å². The number of ether oxygens (including phenoxy) is 1. The topological polar surface area (TPSA) is 164 Å². The minimum Gasteiger partial charge on any atom is -0.384 e. The first-order valence-corrected chi connectivity index (χ1v) is 16.1. The van der Waals surface area contributed by atoms with Crippen molar-refractivity contribution < 1.29 is 27.9 Å². The van der Waals surface area contributed by atoms with Crippen molar-refractivity contribution in [1.29, 1.82) is 5.41 Å². The third kappa shape index (κ3) is 5.67. The van der Waals surface area contributed by atoms with Crippen molar-refractivity contribution in [3.8, 4) is 11.1 Å². The van der Waals surface area contributed by atoms with Gasteiger partial charge in [-0.1, -0.05) is 30.3 Å². The SMILES string of the molecule is CC(NC(=O)[C@@H]1C[C@]2(COCCCN)C[C@@H]2N1C(=O)CNC(=O)c1ccc2c(c1)-c1ccccc1C2(F)F)c1cc(C(=N)N)cs1. The Morgan fingerprint density at radius 2 is 1.87 bits per heavy atom. The summed E-state index contributed by atoms with van der Waals surface area (Å²) in [5.74, 6) is -4.54. The molecular formula is C33H36F2N6O4S. The Balaban J connectivity index is 1.15. The van der Waals surface area contributed by atoms with E-state index in [9.17, 15) is 23.2 Å². The van der Waals surface area contributed by atoms with E-state index in [0.29, 0.717) is 50.1 Å². The number of hydrogen-bond donors (Lipinski definition) is 5. The molecule has 13 heteroatoms. The van der Waals surface area contributed by atoms with Crippen LogP contribution in [-0.4, -0.2) is 66.8 Å². The first-order valence-electron chi connectivity index (χ1n) is 15.2. The maximum absolute atomic E-state index is 15.0. The number of nitrogen functional groups attached to an aromatic ring is 1. The summed E-state index contributed by atoms with van der Waals surface area (Å²) in [4.78, 5) is 42.8. The highest BCUT2D eigenvalue weighted by Gasteiger charge is 2.67. The summed E-state index contributed by atoms with van der Waals surface area (Å²) < 4.78 is 35.8. The third-order valence-electron chi connectivity index (χ3n) is 9.18. The molecule has 2 aliphatic carbocycles. The van der Waals surface area contributed by atoms with Crippen molar-refractivity contribution in [2.45, 2.75) is 50.2 Å². The van der Waals surface area contributed by atoms with Crippen LogP contribution in [0.1, 0.15) is 64.2 Å². The van der Waals surface area contributed by atoms with Crippen molar-refractivity contribution in [1.82, 2.24) is 15.5 Å². The number of amidine groups is 1. The normalized spacial score (nSPS) is 22.4. The molecule has 7 N–H and O–H groups in total. The van der Waals surface area contributed by atoms with Gasteiger partial charge in [0.1, 0.15) is 11.9 Å². The fourth-order valence-corrected chi connectivity index (χ4v) is 7.57. The molecule has 0 bridgehead atoms. The molecule has 4 atom stereocenters. The number of hydrogen-bond acceptors (Lipinski definition) is 7. The van der Waals surface area contributed by atoms with Gasteiger partial charge in [-0.05, 0) is 62.1 Å². The van der Waals surface area contributed by atoms with Crippen LogP contribution in [0.15, 0.2) is 53.9 Å². The van der Waals surface area contributed by atoms with E-state index >= 15 is 0 Å². The molecular weight excluding hydrogens is 614 g/mol. The number of nitrogens with one attached hydrogen (secondary N) is 3. The number of nitrogens with two attached hydrogens (primary N) is 2. The summed E-state index contributed by atoms with van der Waals surface area (Å²) >= 11 is 1.38. The van der Waals surface area contributed by atoms with Crippen LogP contribution in [0.2, 0.25) is 0 Å². The molecule has 1 saturated heterocycles. The number of amides is 3. The van der Waals surface area contributed by atoms with Crippen LogP contribution >= 0.6 is 11.3 Å². The fraction of sp³-hybridized carbons (Fsp3) is 0.394. The van der Waals surface area contributed by atoms with Gasteiger partial charge in [-0.2, -0.15) is 8.78 Å². The highest BCUT2D eigenvalue weighted by molar-refractivity contribution is 7.10. The van der Waals surface area contributed by atoms with Crippen molar-refractivity contribution >= 4 is 34.9 Å². The van der Waals surface area contributed by atoms with Gasteiger partial charge in [0.05, 0.1) is 19.2 Å². The van der Waals surface area contributed by atoms with Crippen molar-refractivity contribution in [3.63, 3.8) is 0 Å². The second-order valence-corrected chi connectivity index (χ2v) is 13.2. The van der Waals surface area contributed by atoms with Crippen LogP contribution in [-0.2, 0) is 20.2 Å². The molecule has 1 aliphatic heterocycles. The monoisotopic (exact) mass is 650 g/mol. The molecule has 1 saturated carbocycles. The van der Waals surface area contributed by atoms with Gasteiger partial charge < -0.3 is 31.7 Å². The quantitative estimate of drug-likeness (QED) is 0.115. The van der Waals surface area contributed by atoms with Crippen LogP contribution < -0.4 is 22.1 Å². The molecule has 1 unspecified atom stereocenters. The number of benzene rings is 2. The number of nitrogens with zero attached hydrogens (tertiary/aromatic N) is 1. The molecule has 1 aromatic heterocycles. The number of thiophene rings is 1. The van der Waals surface area contributed by atoms with Crippen LogP contribution in [0.3, 0.4) is 0 Å². The van der Waals surface area contributed by atoms with Gasteiger partial charge in [-0.3, -0.25) is 19.8 Å². The minimum absolute atomic E-state index is 0.0602. The predicted molar refractivity (Wildman–Crippen MR) is 170 cm³/mol. The molecule has 3 aromatic rings. The zero-order valence-electron chi connectivity index (χ0n) is 25.3. The summed E-state index contributed by atoms with van der Waals surface area (Å²) in [6.45, 7) is 2.83. The lowest BCUT2D eigenvalue weighted by Gasteiger charge is -2.28. The lowest BCUT2D eigenvalue weighted by Crippen LogP contribution is -2.51. The van der Waals surface area contributed by atoms with E-state index in [1.807, 2.05) is 6.92 Å². The minimum atomic E-state index is -3.16. The molecule has 2 fully saturated rings. The van der Waals surface area contributed by atoms with Gasteiger partial charge in [-0.25, -0.2) is 0 Å². The molecule has 46 heavy (non-hydrogen) atoms. The first kappa shape index (κ1) is 31.8. The second-order valence-electron chi connectivity index (χ2n) is 12.2. The van der Waals surface area contributed by atoms with Gasteiger partial charge in [0.2, 0.25) is 11.8 Å². The molecule has 6 rings (SSSR count). The first-order chi connectivity index (χ1) is 22.0. The van der Waals surface area contributed by atoms with E-state index in [-0.39, 0.29) is 58.0 Å². The lowest BCUT2D eigenvalue weighted by atomic mass is 10.00. The predicted octanol–water partition coefficient (Wildman–Crippen LogP) is 3.48. The molecule has 10 nitrogen and oxygen atoms in total. The molecule has 3 amide bonds. The number of alkyl halides is 2. The molecule has 0 radical (unpaired) electrons. The highest BCUT2D eigenvalue weighted by atomic mass is 32.1. The van der Waals surface area contributed by atoms with Crippen LogP contribution in [0.4, 0.5) is 8.78 Å². The number of rotatable bonds is 12. The van der Waals surface area contributed by atoms with Crippen molar-refractivity contribution in [2.75, 3.05) is 26.3 Å². The lowest BCUT2D eigenvalue weighted by molar-refractivity contribution is -0.139. The average Bonchev–Trinajstić information content (AvgIpc) is 3.33. The second kappa shape index (κ2) is 12.2. The van der Waals surface area contributed by atoms with Crippen LogP contribution in [0.5, 0.6) is 0 Å². The van der Waals surface area contributed by atoms with Crippen LogP contribution in [0, 0.1) is 10.8 Å². The Hall–Kier alpha value is -4.20. The summed E-state index contributed by atoms with van der Waals surface area (Å²) in [5, 5.41) is 15.0. The average molecular weight is 651 g/mol. The van der Waals surface area contributed by atoms with Crippen molar-refractivity contribution in [3.05, 3.63) is 81.0 Å². The molecule has 3 aliphatic rings. The number of carbonyl (C=O) groups excluding carboxylic acids is 3. The van der Waals surface area contributed by atoms with Gasteiger partial charge in [0, 0.05) is 50.6 Å². The van der Waals surface area contributed by atoms with Gasteiger partial charge in [0.15, 0.2) is 0 Å². The number of halogens is 2. The van der Waals surface area contributed by atoms with E-state index in [0.717, 1.165) is 4.88 Å². The van der Waals surface area contributed by atoms with E-state index in [1.165, 1.54) is 35.6 Å². The third-order valence-corrected chi connectivity index (χ3v) is 10.3. The van der Waals surface area contributed by atoms with E-state index < -0.39 is 23.8 Å².